The van der Waals surface area contributed by atoms with Gasteiger partial charge in [0.05, 0.1) is 20.3 Å². The molecular formula is C18H32IN3O3. The number of methoxy groups -OCH3 is 2. The van der Waals surface area contributed by atoms with Crippen molar-refractivity contribution < 1.29 is 14.2 Å². The summed E-state index contributed by atoms with van der Waals surface area (Å²) < 4.78 is 15.8. The second kappa shape index (κ2) is 15.2. The van der Waals surface area contributed by atoms with Gasteiger partial charge in [0.25, 0.3) is 0 Å². The first kappa shape index (κ1) is 23.9. The third kappa shape index (κ3) is 10.5. The van der Waals surface area contributed by atoms with E-state index in [0.29, 0.717) is 19.8 Å². The minimum absolute atomic E-state index is 0. The molecule has 0 heterocycles. The number of aliphatic imine (C=N–C) groups is 1. The van der Waals surface area contributed by atoms with E-state index in [1.54, 1.807) is 21.3 Å². The zero-order valence-corrected chi connectivity index (χ0v) is 18.1. The quantitative estimate of drug-likeness (QED) is 0.228. The summed E-state index contributed by atoms with van der Waals surface area (Å²) in [5.74, 6) is 1.73. The summed E-state index contributed by atoms with van der Waals surface area (Å²) in [5.41, 5.74) is 2.44. The molecule has 0 aliphatic heterocycles. The van der Waals surface area contributed by atoms with Gasteiger partial charge in [0, 0.05) is 33.9 Å². The fourth-order valence-electron chi connectivity index (χ4n) is 2.26. The van der Waals surface area contributed by atoms with Gasteiger partial charge in [0.1, 0.15) is 5.75 Å². The van der Waals surface area contributed by atoms with E-state index in [0.717, 1.165) is 37.6 Å². The number of rotatable bonds is 11. The Labute approximate surface area is 168 Å². The zero-order valence-electron chi connectivity index (χ0n) is 15.8. The van der Waals surface area contributed by atoms with E-state index in [-0.39, 0.29) is 24.0 Å². The maximum atomic E-state index is 5.43. The van der Waals surface area contributed by atoms with Crippen LogP contribution in [0.5, 0.6) is 5.75 Å². The Hall–Kier alpha value is -1.06. The molecular weight excluding hydrogens is 433 g/mol. The summed E-state index contributed by atoms with van der Waals surface area (Å²) in [4.78, 5) is 4.23. The van der Waals surface area contributed by atoms with Crippen molar-refractivity contribution in [2.75, 3.05) is 54.2 Å². The Bertz CT molecular complexity index is 498. The van der Waals surface area contributed by atoms with Crippen LogP contribution in [0, 0.1) is 6.92 Å². The number of ether oxygens (including phenoxy) is 3. The van der Waals surface area contributed by atoms with Crippen LogP contribution in [0.15, 0.2) is 23.2 Å². The Morgan fingerprint density at radius 2 is 1.84 bits per heavy atom. The Morgan fingerprint density at radius 3 is 2.52 bits per heavy atom. The molecule has 0 radical (unpaired) electrons. The monoisotopic (exact) mass is 465 g/mol. The van der Waals surface area contributed by atoms with E-state index in [1.165, 1.54) is 11.1 Å². The van der Waals surface area contributed by atoms with E-state index in [2.05, 4.69) is 34.7 Å². The number of hydrogen-bond donors (Lipinski definition) is 2. The highest BCUT2D eigenvalue weighted by atomic mass is 127. The number of nitrogens with zero attached hydrogens (tertiary/aromatic N) is 1. The molecule has 1 aromatic carbocycles. The van der Waals surface area contributed by atoms with Crippen LogP contribution in [0.25, 0.3) is 0 Å². The lowest BCUT2D eigenvalue weighted by atomic mass is 10.1. The zero-order chi connectivity index (χ0) is 17.6. The third-order valence-corrected chi connectivity index (χ3v) is 3.54. The number of hydrogen-bond acceptors (Lipinski definition) is 4. The minimum atomic E-state index is 0. The second-order valence-electron chi connectivity index (χ2n) is 5.45. The molecule has 0 fully saturated rings. The SMILES string of the molecule is CN=C(NCCCOCCOC)NCCc1cc(C)ccc1OC.I. The summed E-state index contributed by atoms with van der Waals surface area (Å²) in [6, 6.07) is 6.24. The molecule has 0 bridgehead atoms. The van der Waals surface area contributed by atoms with Crippen molar-refractivity contribution in [2.24, 2.45) is 4.99 Å². The lowest BCUT2D eigenvalue weighted by Gasteiger charge is -2.13. The number of nitrogens with one attached hydrogen (secondary N) is 2. The van der Waals surface area contributed by atoms with Gasteiger partial charge in [-0.1, -0.05) is 17.7 Å². The molecule has 6 nitrogen and oxygen atoms in total. The van der Waals surface area contributed by atoms with E-state index in [1.807, 2.05) is 6.07 Å². The van der Waals surface area contributed by atoms with Gasteiger partial charge >= 0.3 is 0 Å². The van der Waals surface area contributed by atoms with Crippen LogP contribution in [0.4, 0.5) is 0 Å². The molecule has 1 rings (SSSR count). The predicted octanol–water partition coefficient (Wildman–Crippen LogP) is 2.38. The summed E-state index contributed by atoms with van der Waals surface area (Å²) in [5, 5.41) is 6.61. The van der Waals surface area contributed by atoms with Crippen molar-refractivity contribution in [1.29, 1.82) is 0 Å². The Balaban J connectivity index is 0.00000576. The van der Waals surface area contributed by atoms with Crippen LogP contribution >= 0.6 is 24.0 Å². The van der Waals surface area contributed by atoms with Gasteiger partial charge < -0.3 is 24.8 Å². The first-order valence-corrected chi connectivity index (χ1v) is 8.36. The van der Waals surface area contributed by atoms with Gasteiger partial charge in [-0.2, -0.15) is 0 Å². The maximum Gasteiger partial charge on any atom is 0.190 e. The van der Waals surface area contributed by atoms with E-state index in [4.69, 9.17) is 14.2 Å². The lowest BCUT2D eigenvalue weighted by molar-refractivity contribution is 0.0698. The van der Waals surface area contributed by atoms with Crippen LogP contribution in [0.3, 0.4) is 0 Å². The van der Waals surface area contributed by atoms with Crippen molar-refractivity contribution in [3.63, 3.8) is 0 Å². The molecule has 0 atom stereocenters. The fraction of sp³-hybridized carbons (Fsp3) is 0.611. The standard InChI is InChI=1S/C18H31N3O3.HI/c1-15-6-7-17(23-4)16(14-15)8-10-21-18(19-2)20-9-5-11-24-13-12-22-3;/h6-7,14H,5,8-13H2,1-4H3,(H2,19,20,21);1H. The smallest absolute Gasteiger partial charge is 0.190 e. The second-order valence-corrected chi connectivity index (χ2v) is 5.45. The molecule has 2 N–H and O–H groups in total. The van der Waals surface area contributed by atoms with E-state index >= 15 is 0 Å². The van der Waals surface area contributed by atoms with E-state index < -0.39 is 0 Å². The van der Waals surface area contributed by atoms with Crippen LogP contribution in [0.1, 0.15) is 17.5 Å². The van der Waals surface area contributed by atoms with Crippen molar-refractivity contribution in [3.8, 4) is 5.75 Å². The highest BCUT2D eigenvalue weighted by Gasteiger charge is 2.04. The summed E-state index contributed by atoms with van der Waals surface area (Å²) >= 11 is 0. The molecule has 0 spiro atoms. The van der Waals surface area contributed by atoms with Crippen molar-refractivity contribution in [1.82, 2.24) is 10.6 Å². The minimum Gasteiger partial charge on any atom is -0.496 e. The molecule has 0 amide bonds. The normalized spacial score (nSPS) is 11.0. The van der Waals surface area contributed by atoms with Gasteiger partial charge in [-0.3, -0.25) is 4.99 Å². The number of benzene rings is 1. The Kier molecular flexibility index (Phi) is 14.6. The lowest BCUT2D eigenvalue weighted by Crippen LogP contribution is -2.39. The molecule has 7 heteroatoms. The number of guanidine groups is 1. The van der Waals surface area contributed by atoms with Crippen LogP contribution < -0.4 is 15.4 Å². The summed E-state index contributed by atoms with van der Waals surface area (Å²) in [6.07, 6.45) is 1.81. The van der Waals surface area contributed by atoms with Gasteiger partial charge in [-0.05, 0) is 31.4 Å². The maximum absolute atomic E-state index is 5.43. The van der Waals surface area contributed by atoms with Crippen LogP contribution in [-0.4, -0.2) is 60.1 Å². The van der Waals surface area contributed by atoms with Crippen LogP contribution in [-0.2, 0) is 15.9 Å². The average Bonchev–Trinajstić information content (AvgIpc) is 2.59. The molecule has 0 aliphatic carbocycles. The van der Waals surface area contributed by atoms with Gasteiger partial charge in [0.2, 0.25) is 0 Å². The number of aryl methyl sites for hydroxylation is 1. The number of halogens is 1. The van der Waals surface area contributed by atoms with E-state index in [9.17, 15) is 0 Å². The largest absolute Gasteiger partial charge is 0.496 e. The predicted molar refractivity (Wildman–Crippen MR) is 114 cm³/mol. The fourth-order valence-corrected chi connectivity index (χ4v) is 2.26. The first-order chi connectivity index (χ1) is 11.7. The first-order valence-electron chi connectivity index (χ1n) is 8.36. The molecule has 0 unspecified atom stereocenters. The Morgan fingerprint density at radius 1 is 1.08 bits per heavy atom. The summed E-state index contributed by atoms with van der Waals surface area (Å²) in [7, 11) is 5.15. The van der Waals surface area contributed by atoms with Crippen LogP contribution in [0.2, 0.25) is 0 Å². The molecule has 0 aromatic heterocycles. The molecule has 144 valence electrons. The molecule has 25 heavy (non-hydrogen) atoms. The summed E-state index contributed by atoms with van der Waals surface area (Å²) in [6.45, 7) is 5.70. The molecule has 0 aliphatic rings. The average molecular weight is 465 g/mol. The van der Waals surface area contributed by atoms with Crippen molar-refractivity contribution in [2.45, 2.75) is 19.8 Å². The molecule has 0 saturated carbocycles. The van der Waals surface area contributed by atoms with Gasteiger partial charge in [-0.25, -0.2) is 0 Å². The molecule has 0 saturated heterocycles. The highest BCUT2D eigenvalue weighted by Crippen LogP contribution is 2.19. The topological polar surface area (TPSA) is 64.1 Å². The van der Waals surface area contributed by atoms with Crippen molar-refractivity contribution >= 4 is 29.9 Å². The van der Waals surface area contributed by atoms with Crippen molar-refractivity contribution in [3.05, 3.63) is 29.3 Å². The highest BCUT2D eigenvalue weighted by molar-refractivity contribution is 14.0. The van der Waals surface area contributed by atoms with Gasteiger partial charge in [0.15, 0.2) is 5.96 Å². The third-order valence-electron chi connectivity index (χ3n) is 3.54. The van der Waals surface area contributed by atoms with Gasteiger partial charge in [-0.15, -0.1) is 24.0 Å². The molecule has 1 aromatic rings.